The third-order valence-electron chi connectivity index (χ3n) is 1.44. The molecule has 0 saturated carbocycles. The maximum absolute atomic E-state index is 11.8. The molecule has 0 spiro atoms. The molecule has 1 aromatic heterocycles. The fourth-order valence-electron chi connectivity index (χ4n) is 0.925. The van der Waals surface area contributed by atoms with Crippen LogP contribution < -0.4 is 5.73 Å². The van der Waals surface area contributed by atoms with Crippen molar-refractivity contribution in [1.82, 2.24) is 15.0 Å². The van der Waals surface area contributed by atoms with Crippen LogP contribution >= 0.6 is 0 Å². The summed E-state index contributed by atoms with van der Waals surface area (Å²) in [6.07, 6.45) is -5.41. The SMILES string of the molecule is Cc1nc(N)nc(CCC(F)(F)F)n1. The van der Waals surface area contributed by atoms with Crippen molar-refractivity contribution in [2.24, 2.45) is 0 Å². The zero-order valence-corrected chi connectivity index (χ0v) is 7.47. The number of rotatable bonds is 2. The van der Waals surface area contributed by atoms with E-state index in [-0.39, 0.29) is 18.2 Å². The minimum absolute atomic E-state index is 0.0466. The highest BCUT2D eigenvalue weighted by molar-refractivity contribution is 5.15. The fraction of sp³-hybridized carbons (Fsp3) is 0.571. The molecule has 1 aromatic rings. The van der Waals surface area contributed by atoms with E-state index >= 15 is 0 Å². The third kappa shape index (κ3) is 3.55. The summed E-state index contributed by atoms with van der Waals surface area (Å²) in [5.41, 5.74) is 5.26. The topological polar surface area (TPSA) is 64.7 Å². The van der Waals surface area contributed by atoms with Crippen LogP contribution in [-0.2, 0) is 6.42 Å². The van der Waals surface area contributed by atoms with Gasteiger partial charge in [-0.15, -0.1) is 0 Å². The molecule has 14 heavy (non-hydrogen) atoms. The molecule has 2 N–H and O–H groups in total. The fourth-order valence-corrected chi connectivity index (χ4v) is 0.925. The summed E-state index contributed by atoms with van der Waals surface area (Å²) in [5, 5.41) is 0. The van der Waals surface area contributed by atoms with Gasteiger partial charge in [0.1, 0.15) is 11.6 Å². The Morgan fingerprint density at radius 3 is 2.36 bits per heavy atom. The third-order valence-corrected chi connectivity index (χ3v) is 1.44. The van der Waals surface area contributed by atoms with Crippen LogP contribution in [0.15, 0.2) is 0 Å². The van der Waals surface area contributed by atoms with Gasteiger partial charge in [0, 0.05) is 6.42 Å². The van der Waals surface area contributed by atoms with Crippen LogP contribution in [0.2, 0.25) is 0 Å². The maximum Gasteiger partial charge on any atom is 0.389 e. The summed E-state index contributed by atoms with van der Waals surface area (Å²) < 4.78 is 35.5. The van der Waals surface area contributed by atoms with Crippen molar-refractivity contribution >= 4 is 5.95 Å². The first-order valence-electron chi connectivity index (χ1n) is 3.90. The predicted molar refractivity (Wildman–Crippen MR) is 43.4 cm³/mol. The van der Waals surface area contributed by atoms with Gasteiger partial charge in [0.05, 0.1) is 6.42 Å². The molecule has 7 heteroatoms. The average molecular weight is 206 g/mol. The monoisotopic (exact) mass is 206 g/mol. The maximum atomic E-state index is 11.8. The Morgan fingerprint density at radius 2 is 1.86 bits per heavy atom. The van der Waals surface area contributed by atoms with Crippen molar-refractivity contribution in [3.8, 4) is 0 Å². The summed E-state index contributed by atoms with van der Waals surface area (Å²) in [4.78, 5) is 11.0. The number of hydrogen-bond acceptors (Lipinski definition) is 4. The standard InChI is InChI=1S/C7H9F3N4/c1-4-12-5(14-6(11)13-4)2-3-7(8,9)10/h2-3H2,1H3,(H2,11,12,13,14). The van der Waals surface area contributed by atoms with E-state index in [2.05, 4.69) is 15.0 Å². The molecule has 1 rings (SSSR count). The molecule has 0 aromatic carbocycles. The van der Waals surface area contributed by atoms with Crippen molar-refractivity contribution in [3.63, 3.8) is 0 Å². The molecular weight excluding hydrogens is 197 g/mol. The number of anilines is 1. The molecule has 0 aliphatic heterocycles. The lowest BCUT2D eigenvalue weighted by Crippen LogP contribution is -2.12. The molecule has 0 atom stereocenters. The molecule has 0 aliphatic carbocycles. The van der Waals surface area contributed by atoms with E-state index in [1.165, 1.54) is 0 Å². The quantitative estimate of drug-likeness (QED) is 0.791. The van der Waals surface area contributed by atoms with Crippen LogP contribution in [0.3, 0.4) is 0 Å². The number of nitrogens with two attached hydrogens (primary N) is 1. The lowest BCUT2D eigenvalue weighted by Gasteiger charge is -2.05. The first kappa shape index (κ1) is 10.7. The Morgan fingerprint density at radius 1 is 1.21 bits per heavy atom. The summed E-state index contributed by atoms with van der Waals surface area (Å²) >= 11 is 0. The molecule has 0 amide bonds. The molecule has 78 valence electrons. The van der Waals surface area contributed by atoms with Crippen LogP contribution in [0.25, 0.3) is 0 Å². The molecule has 0 unspecified atom stereocenters. The van der Waals surface area contributed by atoms with Crippen LogP contribution in [-0.4, -0.2) is 21.1 Å². The number of nitrogens with zero attached hydrogens (tertiary/aromatic N) is 3. The molecule has 0 bridgehead atoms. The molecule has 0 saturated heterocycles. The first-order chi connectivity index (χ1) is 6.37. The number of aryl methyl sites for hydroxylation is 2. The van der Waals surface area contributed by atoms with Gasteiger partial charge in [-0.1, -0.05) is 0 Å². The number of alkyl halides is 3. The Kier molecular flexibility index (Phi) is 2.87. The lowest BCUT2D eigenvalue weighted by atomic mass is 10.3. The van der Waals surface area contributed by atoms with Gasteiger partial charge in [-0.05, 0) is 6.92 Å². The second kappa shape index (κ2) is 3.77. The molecule has 0 aliphatic rings. The summed E-state index contributed by atoms with van der Waals surface area (Å²) in [6, 6.07) is 0. The average Bonchev–Trinajstić information content (AvgIpc) is 1.97. The van der Waals surface area contributed by atoms with E-state index in [0.717, 1.165) is 0 Å². The van der Waals surface area contributed by atoms with Crippen LogP contribution in [0.5, 0.6) is 0 Å². The van der Waals surface area contributed by atoms with Gasteiger partial charge in [-0.2, -0.15) is 23.1 Å². The lowest BCUT2D eigenvalue weighted by molar-refractivity contribution is -0.134. The smallest absolute Gasteiger partial charge is 0.368 e. The van der Waals surface area contributed by atoms with Crippen LogP contribution in [0, 0.1) is 6.92 Å². The summed E-state index contributed by atoms with van der Waals surface area (Å²) in [7, 11) is 0. The molecule has 1 heterocycles. The van der Waals surface area contributed by atoms with Crippen LogP contribution in [0.1, 0.15) is 18.1 Å². The molecule has 4 nitrogen and oxygen atoms in total. The van der Waals surface area contributed by atoms with Crippen molar-refractivity contribution in [1.29, 1.82) is 0 Å². The zero-order chi connectivity index (χ0) is 10.8. The van der Waals surface area contributed by atoms with E-state index in [0.29, 0.717) is 5.82 Å². The van der Waals surface area contributed by atoms with Crippen molar-refractivity contribution < 1.29 is 13.2 Å². The van der Waals surface area contributed by atoms with Crippen molar-refractivity contribution in [3.05, 3.63) is 11.6 Å². The van der Waals surface area contributed by atoms with Gasteiger partial charge >= 0.3 is 6.18 Å². The highest BCUT2D eigenvalue weighted by Gasteiger charge is 2.27. The van der Waals surface area contributed by atoms with E-state index in [4.69, 9.17) is 5.73 Å². The van der Waals surface area contributed by atoms with Crippen LogP contribution in [0.4, 0.5) is 19.1 Å². The Bertz CT molecular complexity index is 303. The number of halogens is 3. The minimum atomic E-state index is -4.20. The Hall–Kier alpha value is -1.40. The first-order valence-corrected chi connectivity index (χ1v) is 3.90. The van der Waals surface area contributed by atoms with Gasteiger partial charge in [-0.25, -0.2) is 4.98 Å². The highest BCUT2D eigenvalue weighted by atomic mass is 19.4. The minimum Gasteiger partial charge on any atom is -0.368 e. The van der Waals surface area contributed by atoms with Gasteiger partial charge < -0.3 is 5.73 Å². The summed E-state index contributed by atoms with van der Waals surface area (Å²) in [5.74, 6) is 0.358. The van der Waals surface area contributed by atoms with E-state index < -0.39 is 12.6 Å². The van der Waals surface area contributed by atoms with Gasteiger partial charge in [0.2, 0.25) is 5.95 Å². The molecular formula is C7H9F3N4. The van der Waals surface area contributed by atoms with E-state index in [1.807, 2.05) is 0 Å². The molecule has 0 fully saturated rings. The largest absolute Gasteiger partial charge is 0.389 e. The van der Waals surface area contributed by atoms with E-state index in [9.17, 15) is 13.2 Å². The predicted octanol–water partition coefficient (Wildman–Crippen LogP) is 1.26. The number of aromatic nitrogens is 3. The molecule has 0 radical (unpaired) electrons. The Balaban J connectivity index is 2.68. The highest BCUT2D eigenvalue weighted by Crippen LogP contribution is 2.21. The van der Waals surface area contributed by atoms with Crippen molar-refractivity contribution in [2.75, 3.05) is 5.73 Å². The van der Waals surface area contributed by atoms with Gasteiger partial charge in [-0.3, -0.25) is 0 Å². The number of hydrogen-bond donors (Lipinski definition) is 1. The normalized spacial score (nSPS) is 11.7. The Labute approximate surface area is 78.4 Å². The second-order valence-corrected chi connectivity index (χ2v) is 2.77. The van der Waals surface area contributed by atoms with E-state index in [1.54, 1.807) is 6.92 Å². The van der Waals surface area contributed by atoms with Gasteiger partial charge in [0.15, 0.2) is 0 Å². The summed E-state index contributed by atoms with van der Waals surface area (Å²) in [6.45, 7) is 1.55. The number of nitrogen functional groups attached to an aromatic ring is 1. The second-order valence-electron chi connectivity index (χ2n) is 2.77. The van der Waals surface area contributed by atoms with Crippen molar-refractivity contribution in [2.45, 2.75) is 25.9 Å². The zero-order valence-electron chi connectivity index (χ0n) is 7.47. The van der Waals surface area contributed by atoms with Gasteiger partial charge in [0.25, 0.3) is 0 Å².